The van der Waals surface area contributed by atoms with Crippen LogP contribution in [0.25, 0.3) is 10.1 Å². The van der Waals surface area contributed by atoms with Gasteiger partial charge in [-0.15, -0.1) is 11.3 Å². The Balaban J connectivity index is 2.72. The predicted octanol–water partition coefficient (Wildman–Crippen LogP) is 3.84. The highest BCUT2D eigenvalue weighted by Gasteiger charge is 2.16. The number of ether oxygens (including phenoxy) is 1. The summed E-state index contributed by atoms with van der Waals surface area (Å²) in [5.74, 6) is -0.158. The Labute approximate surface area is 105 Å². The molecule has 1 heterocycles. The van der Waals surface area contributed by atoms with E-state index in [0.717, 1.165) is 0 Å². The summed E-state index contributed by atoms with van der Waals surface area (Å²) in [5.41, 5.74) is 0. The van der Waals surface area contributed by atoms with E-state index < -0.39 is 5.97 Å². The normalized spacial score (nSPS) is 10.7. The van der Waals surface area contributed by atoms with Crippen molar-refractivity contribution in [3.05, 3.63) is 21.5 Å². The third-order valence-electron chi connectivity index (χ3n) is 1.94. The molecule has 1 aromatic carbocycles. The van der Waals surface area contributed by atoms with Gasteiger partial charge in [-0.3, -0.25) is 4.79 Å². The number of carbonyl (C=O) groups excluding carboxylic acids is 1. The fourth-order valence-corrected chi connectivity index (χ4v) is 2.89. The highest BCUT2D eigenvalue weighted by atomic mass is 35.5. The summed E-state index contributed by atoms with van der Waals surface area (Å²) in [6.45, 7) is 1.30. The van der Waals surface area contributed by atoms with E-state index in [0.29, 0.717) is 20.9 Å². The van der Waals surface area contributed by atoms with Crippen molar-refractivity contribution in [1.29, 1.82) is 0 Å². The molecule has 6 heteroatoms. The largest absolute Gasteiger partial charge is 0.506 e. The quantitative estimate of drug-likeness (QED) is 0.805. The Morgan fingerprint density at radius 2 is 2.19 bits per heavy atom. The summed E-state index contributed by atoms with van der Waals surface area (Å²) in [6.07, 6.45) is 0. The highest BCUT2D eigenvalue weighted by Crippen LogP contribution is 2.45. The average Bonchev–Trinajstić information content (AvgIpc) is 2.58. The SMILES string of the molecule is CC(=O)Oc1csc2c(Cl)c(O)cc(Cl)c12. The predicted molar refractivity (Wildman–Crippen MR) is 64.8 cm³/mol. The molecule has 0 aliphatic heterocycles. The van der Waals surface area contributed by atoms with Crippen LogP contribution in [0, 0.1) is 0 Å². The monoisotopic (exact) mass is 276 g/mol. The van der Waals surface area contributed by atoms with Gasteiger partial charge in [-0.1, -0.05) is 23.2 Å². The van der Waals surface area contributed by atoms with Gasteiger partial charge in [0.05, 0.1) is 15.1 Å². The fraction of sp³-hybridized carbons (Fsp3) is 0.100. The van der Waals surface area contributed by atoms with Crippen molar-refractivity contribution < 1.29 is 14.6 Å². The zero-order chi connectivity index (χ0) is 11.9. The molecule has 0 aliphatic carbocycles. The van der Waals surface area contributed by atoms with E-state index in [1.807, 2.05) is 0 Å². The van der Waals surface area contributed by atoms with Crippen LogP contribution >= 0.6 is 34.5 Å². The molecular formula is C10H6Cl2O3S. The Kier molecular flexibility index (Phi) is 2.97. The lowest BCUT2D eigenvalue weighted by atomic mass is 10.2. The molecule has 0 saturated carbocycles. The van der Waals surface area contributed by atoms with Crippen molar-refractivity contribution in [3.8, 4) is 11.5 Å². The topological polar surface area (TPSA) is 46.5 Å². The standard InChI is InChI=1S/C10H6Cl2O3S/c1-4(13)15-7-3-16-10-8(7)5(11)2-6(14)9(10)12/h2-3,14H,1H3. The van der Waals surface area contributed by atoms with Gasteiger partial charge in [-0.2, -0.15) is 0 Å². The number of hydrogen-bond donors (Lipinski definition) is 1. The van der Waals surface area contributed by atoms with Crippen molar-refractivity contribution in [2.24, 2.45) is 0 Å². The summed E-state index contributed by atoms with van der Waals surface area (Å²) in [6, 6.07) is 1.33. The summed E-state index contributed by atoms with van der Waals surface area (Å²) in [4.78, 5) is 10.9. The molecule has 84 valence electrons. The number of thiophene rings is 1. The van der Waals surface area contributed by atoms with E-state index in [2.05, 4.69) is 0 Å². The minimum Gasteiger partial charge on any atom is -0.506 e. The summed E-state index contributed by atoms with van der Waals surface area (Å²) >= 11 is 13.1. The second kappa shape index (κ2) is 4.13. The van der Waals surface area contributed by atoms with Crippen LogP contribution in [-0.4, -0.2) is 11.1 Å². The first-order valence-corrected chi connectivity index (χ1v) is 5.91. The zero-order valence-electron chi connectivity index (χ0n) is 8.08. The number of hydrogen-bond acceptors (Lipinski definition) is 4. The second-order valence-electron chi connectivity index (χ2n) is 3.09. The maximum Gasteiger partial charge on any atom is 0.308 e. The lowest BCUT2D eigenvalue weighted by Crippen LogP contribution is -2.00. The molecule has 16 heavy (non-hydrogen) atoms. The van der Waals surface area contributed by atoms with Gasteiger partial charge in [-0.05, 0) is 0 Å². The van der Waals surface area contributed by atoms with Gasteiger partial charge in [0.1, 0.15) is 10.8 Å². The van der Waals surface area contributed by atoms with Crippen molar-refractivity contribution in [2.45, 2.75) is 6.92 Å². The molecule has 0 spiro atoms. The minimum atomic E-state index is -0.431. The molecule has 0 amide bonds. The number of rotatable bonds is 1. The minimum absolute atomic E-state index is 0.0876. The molecular weight excluding hydrogens is 271 g/mol. The van der Waals surface area contributed by atoms with Gasteiger partial charge in [0.15, 0.2) is 5.75 Å². The number of esters is 1. The Bertz CT molecular complexity index is 577. The molecule has 0 aliphatic rings. The molecule has 2 rings (SSSR count). The highest BCUT2D eigenvalue weighted by molar-refractivity contribution is 7.18. The van der Waals surface area contributed by atoms with E-state index >= 15 is 0 Å². The average molecular weight is 277 g/mol. The molecule has 1 aromatic heterocycles. The summed E-state index contributed by atoms with van der Waals surface area (Å²) in [5, 5.41) is 12.2. The molecule has 0 saturated heterocycles. The van der Waals surface area contributed by atoms with Crippen LogP contribution in [0.2, 0.25) is 10.0 Å². The first-order valence-electron chi connectivity index (χ1n) is 4.27. The van der Waals surface area contributed by atoms with Crippen LogP contribution in [0.1, 0.15) is 6.92 Å². The fourth-order valence-electron chi connectivity index (χ4n) is 1.33. The summed E-state index contributed by atoms with van der Waals surface area (Å²) in [7, 11) is 0. The van der Waals surface area contributed by atoms with Crippen LogP contribution in [0.5, 0.6) is 11.5 Å². The van der Waals surface area contributed by atoms with Crippen LogP contribution < -0.4 is 4.74 Å². The van der Waals surface area contributed by atoms with Crippen LogP contribution in [0.15, 0.2) is 11.4 Å². The number of benzene rings is 1. The maximum atomic E-state index is 10.9. The number of fused-ring (bicyclic) bond motifs is 1. The van der Waals surface area contributed by atoms with Gasteiger partial charge >= 0.3 is 5.97 Å². The molecule has 0 bridgehead atoms. The van der Waals surface area contributed by atoms with Crippen LogP contribution in [0.3, 0.4) is 0 Å². The first kappa shape index (κ1) is 11.5. The lowest BCUT2D eigenvalue weighted by Gasteiger charge is -2.03. The molecule has 0 unspecified atom stereocenters. The maximum absolute atomic E-state index is 10.9. The number of halogens is 2. The zero-order valence-corrected chi connectivity index (χ0v) is 10.4. The Morgan fingerprint density at radius 3 is 2.81 bits per heavy atom. The van der Waals surface area contributed by atoms with E-state index in [4.69, 9.17) is 27.9 Å². The van der Waals surface area contributed by atoms with Gasteiger partial charge < -0.3 is 9.84 Å². The molecule has 0 atom stereocenters. The van der Waals surface area contributed by atoms with E-state index in [1.54, 1.807) is 5.38 Å². The third kappa shape index (κ3) is 1.84. The second-order valence-corrected chi connectivity index (χ2v) is 4.75. The number of phenols is 1. The summed E-state index contributed by atoms with van der Waals surface area (Å²) < 4.78 is 5.59. The Hall–Kier alpha value is -0.970. The Morgan fingerprint density at radius 1 is 1.50 bits per heavy atom. The molecule has 2 aromatic rings. The van der Waals surface area contributed by atoms with Gasteiger partial charge in [0, 0.05) is 18.4 Å². The molecule has 1 N–H and O–H groups in total. The van der Waals surface area contributed by atoms with Gasteiger partial charge in [-0.25, -0.2) is 0 Å². The van der Waals surface area contributed by atoms with Crippen LogP contribution in [0.4, 0.5) is 0 Å². The van der Waals surface area contributed by atoms with Crippen molar-refractivity contribution in [3.63, 3.8) is 0 Å². The van der Waals surface area contributed by atoms with Crippen molar-refractivity contribution in [2.75, 3.05) is 0 Å². The van der Waals surface area contributed by atoms with Gasteiger partial charge in [0.25, 0.3) is 0 Å². The van der Waals surface area contributed by atoms with Gasteiger partial charge in [0.2, 0.25) is 0 Å². The van der Waals surface area contributed by atoms with Crippen molar-refractivity contribution >= 4 is 50.6 Å². The number of carbonyl (C=O) groups is 1. The number of aromatic hydroxyl groups is 1. The molecule has 3 nitrogen and oxygen atoms in total. The van der Waals surface area contributed by atoms with E-state index in [1.165, 1.54) is 24.3 Å². The number of phenolic OH excluding ortho intramolecular Hbond substituents is 1. The van der Waals surface area contributed by atoms with E-state index in [-0.39, 0.29) is 10.8 Å². The van der Waals surface area contributed by atoms with Crippen molar-refractivity contribution in [1.82, 2.24) is 0 Å². The lowest BCUT2D eigenvalue weighted by molar-refractivity contribution is -0.131. The third-order valence-corrected chi connectivity index (χ3v) is 3.71. The molecule has 0 radical (unpaired) electrons. The first-order chi connectivity index (χ1) is 7.50. The van der Waals surface area contributed by atoms with E-state index in [9.17, 15) is 9.90 Å². The van der Waals surface area contributed by atoms with Crippen LogP contribution in [-0.2, 0) is 4.79 Å². The molecule has 0 fully saturated rings. The smallest absolute Gasteiger partial charge is 0.308 e.